The molecule has 2 aromatic carbocycles. The van der Waals surface area contributed by atoms with Crippen LogP contribution >= 0.6 is 0 Å². The Morgan fingerprint density at radius 2 is 1.86 bits per heavy atom. The fourth-order valence-corrected chi connectivity index (χ4v) is 6.47. The van der Waals surface area contributed by atoms with Crippen LogP contribution in [0.3, 0.4) is 0 Å². The Labute approximate surface area is 256 Å². The fourth-order valence-electron chi connectivity index (χ4n) is 6.47. The molecule has 232 valence electrons. The number of pyridine rings is 1. The van der Waals surface area contributed by atoms with E-state index in [4.69, 9.17) is 5.73 Å². The molecule has 0 saturated carbocycles. The number of hydrogen-bond acceptors (Lipinski definition) is 10. The number of aliphatic hydroxyl groups excluding tert-OH is 3. The molecule has 0 aliphatic carbocycles. The van der Waals surface area contributed by atoms with Crippen molar-refractivity contribution in [3.8, 4) is 0 Å². The highest BCUT2D eigenvalue weighted by molar-refractivity contribution is 6.01. The highest BCUT2D eigenvalue weighted by atomic mass is 16.3. The lowest BCUT2D eigenvalue weighted by molar-refractivity contribution is -0.0858. The number of aliphatic hydroxyl groups is 3. The molecular weight excluding hydrogens is 562 g/mol. The summed E-state index contributed by atoms with van der Waals surface area (Å²) in [4.78, 5) is 34.8. The van der Waals surface area contributed by atoms with Crippen molar-refractivity contribution in [2.45, 2.75) is 57.6 Å². The maximum Gasteiger partial charge on any atom is 0.267 e. The van der Waals surface area contributed by atoms with Gasteiger partial charge in [-0.25, -0.2) is 0 Å². The SMILES string of the molecule is Cc1cc(CNc2cccc3c2C(O)N(C2CCC(O)NC2O)C3=O)ccc1CN1CCN(c2ccnc(C(N)=O)c2)CC1. The second-order valence-electron chi connectivity index (χ2n) is 11.8. The lowest BCUT2D eigenvalue weighted by Crippen LogP contribution is -2.57. The maximum atomic E-state index is 13.2. The molecule has 3 aliphatic heterocycles. The van der Waals surface area contributed by atoms with Gasteiger partial charge in [-0.2, -0.15) is 0 Å². The van der Waals surface area contributed by atoms with E-state index in [1.807, 2.05) is 12.1 Å². The summed E-state index contributed by atoms with van der Waals surface area (Å²) in [5, 5.41) is 37.5. The monoisotopic (exact) mass is 601 g/mol. The lowest BCUT2D eigenvalue weighted by atomic mass is 10.0. The van der Waals surface area contributed by atoms with E-state index in [0.717, 1.165) is 44.0 Å². The minimum Gasteiger partial charge on any atom is -0.381 e. The number of fused-ring (bicyclic) bond motifs is 1. The van der Waals surface area contributed by atoms with Crippen LogP contribution in [0.15, 0.2) is 54.7 Å². The van der Waals surface area contributed by atoms with Gasteiger partial charge >= 0.3 is 0 Å². The second kappa shape index (κ2) is 12.5. The van der Waals surface area contributed by atoms with Crippen LogP contribution in [0.25, 0.3) is 0 Å². The summed E-state index contributed by atoms with van der Waals surface area (Å²) in [5.41, 5.74) is 11.7. The Morgan fingerprint density at radius 3 is 2.59 bits per heavy atom. The van der Waals surface area contributed by atoms with Gasteiger partial charge in [-0.1, -0.05) is 24.3 Å². The van der Waals surface area contributed by atoms with Crippen LogP contribution in [0, 0.1) is 6.92 Å². The van der Waals surface area contributed by atoms with E-state index < -0.39 is 30.6 Å². The molecule has 0 spiro atoms. The van der Waals surface area contributed by atoms with Gasteiger partial charge in [0.2, 0.25) is 0 Å². The first-order valence-electron chi connectivity index (χ1n) is 15.0. The van der Waals surface area contributed by atoms with Gasteiger partial charge in [0.1, 0.15) is 18.1 Å². The summed E-state index contributed by atoms with van der Waals surface area (Å²) in [6.07, 6.45) is -0.810. The normalized spacial score (nSPS) is 24.0. The van der Waals surface area contributed by atoms with Crippen molar-refractivity contribution in [3.05, 3.63) is 88.2 Å². The van der Waals surface area contributed by atoms with Gasteiger partial charge in [-0.3, -0.25) is 24.8 Å². The predicted octanol–water partition coefficient (Wildman–Crippen LogP) is 1.26. The van der Waals surface area contributed by atoms with Gasteiger partial charge in [0, 0.05) is 68.0 Å². The number of carbonyl (C=O) groups excluding carboxylic acids is 2. The second-order valence-corrected chi connectivity index (χ2v) is 11.8. The molecule has 44 heavy (non-hydrogen) atoms. The van der Waals surface area contributed by atoms with E-state index in [2.05, 4.69) is 50.5 Å². The summed E-state index contributed by atoms with van der Waals surface area (Å²) in [6.45, 7) is 6.93. The molecule has 0 bridgehead atoms. The van der Waals surface area contributed by atoms with Crippen LogP contribution in [0.4, 0.5) is 11.4 Å². The van der Waals surface area contributed by atoms with E-state index in [9.17, 15) is 24.9 Å². The number of aromatic nitrogens is 1. The van der Waals surface area contributed by atoms with Crippen LogP contribution < -0.4 is 21.3 Å². The number of hydrogen-bond donors (Lipinski definition) is 6. The first-order valence-corrected chi connectivity index (χ1v) is 15.0. The number of primary amides is 1. The standard InChI is InChI=1S/C32H39N7O5/c1-19-15-20(5-6-21(19)18-37-11-13-38(14-12-37)22-9-10-34-25(16-22)29(33)41)17-35-24-4-2-3-23-28(24)32(44)39(31(23)43)26-7-8-27(40)36-30(26)42/h2-6,9-10,15-16,26-27,30,32,35-36,40,42,44H,7-8,11-14,17-18H2,1H3,(H2,33,41). The Kier molecular flexibility index (Phi) is 8.52. The van der Waals surface area contributed by atoms with Gasteiger partial charge < -0.3 is 36.2 Å². The first kappa shape index (κ1) is 30.0. The number of nitrogens with zero attached hydrogens (tertiary/aromatic N) is 4. The van der Waals surface area contributed by atoms with E-state index >= 15 is 0 Å². The van der Waals surface area contributed by atoms with Crippen molar-refractivity contribution in [3.63, 3.8) is 0 Å². The molecule has 4 heterocycles. The molecule has 6 rings (SSSR count). The molecule has 4 atom stereocenters. The van der Waals surface area contributed by atoms with Crippen LogP contribution in [0.1, 0.15) is 62.2 Å². The number of piperidine rings is 1. The Balaban J connectivity index is 1.06. The average Bonchev–Trinajstić information content (AvgIpc) is 3.27. The fraction of sp³-hybridized carbons (Fsp3) is 0.406. The third-order valence-corrected chi connectivity index (χ3v) is 8.93. The maximum absolute atomic E-state index is 13.2. The molecular formula is C32H39N7O5. The van der Waals surface area contributed by atoms with Crippen molar-refractivity contribution in [2.75, 3.05) is 36.4 Å². The van der Waals surface area contributed by atoms with E-state index in [1.165, 1.54) is 16.0 Å². The van der Waals surface area contributed by atoms with Crippen molar-refractivity contribution in [1.82, 2.24) is 20.1 Å². The van der Waals surface area contributed by atoms with Gasteiger partial charge in [0.05, 0.1) is 6.04 Å². The first-order chi connectivity index (χ1) is 21.2. The Morgan fingerprint density at radius 1 is 1.07 bits per heavy atom. The van der Waals surface area contributed by atoms with Crippen LogP contribution in [-0.2, 0) is 13.1 Å². The lowest BCUT2D eigenvalue weighted by Gasteiger charge is -2.39. The van der Waals surface area contributed by atoms with Gasteiger partial charge in [0.15, 0.2) is 6.23 Å². The molecule has 0 radical (unpaired) electrons. The minimum atomic E-state index is -1.20. The summed E-state index contributed by atoms with van der Waals surface area (Å²) >= 11 is 0. The van der Waals surface area contributed by atoms with Gasteiger partial charge in [0.25, 0.3) is 11.8 Å². The molecule has 7 N–H and O–H groups in total. The number of nitrogens with one attached hydrogen (secondary N) is 2. The number of carbonyl (C=O) groups is 2. The topological polar surface area (TPSA) is 168 Å². The largest absolute Gasteiger partial charge is 0.381 e. The molecule has 12 heteroatoms. The molecule has 3 aliphatic rings. The van der Waals surface area contributed by atoms with Crippen molar-refractivity contribution >= 4 is 23.2 Å². The zero-order valence-electron chi connectivity index (χ0n) is 24.7. The molecule has 2 fully saturated rings. The summed E-state index contributed by atoms with van der Waals surface area (Å²) in [5.74, 6) is -0.863. The molecule has 12 nitrogen and oxygen atoms in total. The quantitative estimate of drug-likeness (QED) is 0.221. The summed E-state index contributed by atoms with van der Waals surface area (Å²) in [7, 11) is 0. The molecule has 4 unspecified atom stereocenters. The summed E-state index contributed by atoms with van der Waals surface area (Å²) < 4.78 is 0. The van der Waals surface area contributed by atoms with Crippen molar-refractivity contribution in [1.29, 1.82) is 0 Å². The van der Waals surface area contributed by atoms with E-state index in [0.29, 0.717) is 36.2 Å². The molecule has 3 aromatic rings. The minimum absolute atomic E-state index is 0.275. The number of amides is 2. The van der Waals surface area contributed by atoms with Gasteiger partial charge in [-0.05, 0) is 60.7 Å². The smallest absolute Gasteiger partial charge is 0.267 e. The third-order valence-electron chi connectivity index (χ3n) is 8.93. The van der Waals surface area contributed by atoms with E-state index in [-0.39, 0.29) is 11.6 Å². The number of aryl methyl sites for hydroxylation is 1. The van der Waals surface area contributed by atoms with Crippen molar-refractivity contribution < 1.29 is 24.9 Å². The molecule has 1 aromatic heterocycles. The number of anilines is 2. The van der Waals surface area contributed by atoms with E-state index in [1.54, 1.807) is 24.4 Å². The third kappa shape index (κ3) is 5.99. The molecule has 2 saturated heterocycles. The van der Waals surface area contributed by atoms with Crippen LogP contribution in [-0.4, -0.2) is 86.6 Å². The zero-order valence-corrected chi connectivity index (χ0v) is 24.7. The molecule has 2 amide bonds. The van der Waals surface area contributed by atoms with Crippen LogP contribution in [0.5, 0.6) is 0 Å². The number of nitrogens with two attached hydrogens (primary N) is 1. The Bertz CT molecular complexity index is 1540. The number of rotatable bonds is 8. The zero-order chi connectivity index (χ0) is 31.0. The van der Waals surface area contributed by atoms with Gasteiger partial charge in [-0.15, -0.1) is 0 Å². The highest BCUT2D eigenvalue weighted by Gasteiger charge is 2.45. The van der Waals surface area contributed by atoms with Crippen molar-refractivity contribution in [2.24, 2.45) is 5.73 Å². The summed E-state index contributed by atoms with van der Waals surface area (Å²) in [6, 6.07) is 14.7. The number of piperazine rings is 1. The average molecular weight is 602 g/mol. The highest BCUT2D eigenvalue weighted by Crippen LogP contribution is 2.40. The van der Waals surface area contributed by atoms with Crippen LogP contribution in [0.2, 0.25) is 0 Å². The Hall–Kier alpha value is -4.07. The predicted molar refractivity (Wildman–Crippen MR) is 164 cm³/mol. The number of benzene rings is 2.